The summed E-state index contributed by atoms with van der Waals surface area (Å²) in [6.07, 6.45) is 20.8. The zero-order valence-electron chi connectivity index (χ0n) is 14.5. The van der Waals surface area contributed by atoms with Gasteiger partial charge in [0.1, 0.15) is 11.6 Å². The summed E-state index contributed by atoms with van der Waals surface area (Å²) in [7, 11) is 0. The lowest BCUT2D eigenvalue weighted by Crippen LogP contribution is -2.09. The number of hydrogen-bond acceptors (Lipinski definition) is 4. The van der Waals surface area contributed by atoms with E-state index in [0.717, 1.165) is 36.7 Å². The topological polar surface area (TPSA) is 61.4 Å². The first kappa shape index (κ1) is 16.0. The Morgan fingerprint density at radius 1 is 0.920 bits per heavy atom. The predicted molar refractivity (Wildman–Crippen MR) is 95.9 cm³/mol. The molecule has 1 aliphatic carbocycles. The van der Waals surface area contributed by atoms with Crippen LogP contribution in [0.2, 0.25) is 0 Å². The van der Waals surface area contributed by atoms with Crippen molar-refractivity contribution < 1.29 is 0 Å². The maximum Gasteiger partial charge on any atom is 0.143 e. The summed E-state index contributed by atoms with van der Waals surface area (Å²) in [5.41, 5.74) is 0.993. The number of aryl methyl sites for hydroxylation is 2. The predicted octanol–water partition coefficient (Wildman–Crippen LogP) is 3.67. The average Bonchev–Trinajstić information content (AvgIpc) is 3.35. The number of aromatic nitrogens is 6. The molecule has 25 heavy (non-hydrogen) atoms. The molecule has 0 aromatic carbocycles. The third-order valence-electron chi connectivity index (χ3n) is 4.99. The van der Waals surface area contributed by atoms with Crippen LogP contribution >= 0.6 is 0 Å². The molecule has 0 spiro atoms. The summed E-state index contributed by atoms with van der Waals surface area (Å²) in [5.74, 6) is 2.49. The molecule has 3 heterocycles. The van der Waals surface area contributed by atoms with Gasteiger partial charge in [0.05, 0.1) is 11.9 Å². The molecule has 0 unspecified atom stereocenters. The van der Waals surface area contributed by atoms with E-state index in [-0.39, 0.29) is 0 Å². The summed E-state index contributed by atoms with van der Waals surface area (Å²) in [6, 6.07) is 0. The van der Waals surface area contributed by atoms with Crippen LogP contribution in [0, 0.1) is 0 Å². The monoisotopic (exact) mass is 336 g/mol. The second-order valence-corrected chi connectivity index (χ2v) is 6.76. The fourth-order valence-electron chi connectivity index (χ4n) is 3.62. The Morgan fingerprint density at radius 3 is 2.52 bits per heavy atom. The van der Waals surface area contributed by atoms with Gasteiger partial charge in [0, 0.05) is 56.2 Å². The highest BCUT2D eigenvalue weighted by atomic mass is 15.1. The van der Waals surface area contributed by atoms with E-state index in [1.54, 1.807) is 0 Å². The summed E-state index contributed by atoms with van der Waals surface area (Å²) >= 11 is 0. The van der Waals surface area contributed by atoms with Gasteiger partial charge in [0.25, 0.3) is 0 Å². The lowest BCUT2D eigenvalue weighted by atomic mass is 9.89. The molecule has 3 aromatic rings. The van der Waals surface area contributed by atoms with E-state index in [1.165, 1.54) is 32.1 Å². The third kappa shape index (κ3) is 3.78. The van der Waals surface area contributed by atoms with E-state index < -0.39 is 0 Å². The van der Waals surface area contributed by atoms with E-state index >= 15 is 0 Å². The van der Waals surface area contributed by atoms with Crippen LogP contribution < -0.4 is 0 Å². The van der Waals surface area contributed by atoms with Crippen LogP contribution in [0.3, 0.4) is 0 Å². The summed E-state index contributed by atoms with van der Waals surface area (Å²) in [4.78, 5) is 17.9. The van der Waals surface area contributed by atoms with Crippen molar-refractivity contribution in [2.45, 2.75) is 57.5 Å². The smallest absolute Gasteiger partial charge is 0.143 e. The van der Waals surface area contributed by atoms with Crippen LogP contribution in [0.5, 0.6) is 0 Å². The molecule has 0 aliphatic heterocycles. The Hall–Kier alpha value is -2.50. The molecule has 1 fully saturated rings. The molecule has 6 heteroatoms. The average molecular weight is 336 g/mol. The number of imidazole rings is 2. The van der Waals surface area contributed by atoms with E-state index in [4.69, 9.17) is 0 Å². The molecule has 0 bridgehead atoms. The van der Waals surface area contributed by atoms with Gasteiger partial charge in [0.2, 0.25) is 0 Å². The second-order valence-electron chi connectivity index (χ2n) is 6.76. The molecule has 0 atom stereocenters. The van der Waals surface area contributed by atoms with Crippen LogP contribution in [0.25, 0.3) is 11.4 Å². The van der Waals surface area contributed by atoms with Gasteiger partial charge in [-0.15, -0.1) is 0 Å². The van der Waals surface area contributed by atoms with E-state index in [9.17, 15) is 0 Å². The van der Waals surface area contributed by atoms with Crippen molar-refractivity contribution in [1.82, 2.24) is 29.1 Å². The second kappa shape index (κ2) is 7.59. The van der Waals surface area contributed by atoms with Gasteiger partial charge >= 0.3 is 0 Å². The highest BCUT2D eigenvalue weighted by Crippen LogP contribution is 2.30. The van der Waals surface area contributed by atoms with Gasteiger partial charge in [-0.1, -0.05) is 19.3 Å². The molecular formula is C19H24N6. The first-order valence-electron chi connectivity index (χ1n) is 9.19. The van der Waals surface area contributed by atoms with Crippen LogP contribution in [0.1, 0.15) is 50.3 Å². The van der Waals surface area contributed by atoms with E-state index in [0.29, 0.717) is 5.92 Å². The Kier molecular flexibility index (Phi) is 4.86. The largest absolute Gasteiger partial charge is 0.337 e. The van der Waals surface area contributed by atoms with Crippen molar-refractivity contribution in [2.75, 3.05) is 0 Å². The van der Waals surface area contributed by atoms with Crippen molar-refractivity contribution in [3.63, 3.8) is 0 Å². The van der Waals surface area contributed by atoms with Crippen LogP contribution in [-0.4, -0.2) is 29.1 Å². The van der Waals surface area contributed by atoms with Crippen molar-refractivity contribution in [2.24, 2.45) is 0 Å². The van der Waals surface area contributed by atoms with Crippen molar-refractivity contribution in [3.05, 3.63) is 49.3 Å². The molecule has 4 rings (SSSR count). The minimum Gasteiger partial charge on any atom is -0.337 e. The van der Waals surface area contributed by atoms with E-state index in [1.807, 2.05) is 43.5 Å². The number of hydrogen-bond donors (Lipinski definition) is 0. The molecule has 0 N–H and O–H groups in total. The van der Waals surface area contributed by atoms with Crippen molar-refractivity contribution >= 4 is 0 Å². The third-order valence-corrected chi connectivity index (χ3v) is 4.99. The Balaban J connectivity index is 1.42. The van der Waals surface area contributed by atoms with Crippen LogP contribution in [0.15, 0.2) is 43.5 Å². The van der Waals surface area contributed by atoms with Crippen molar-refractivity contribution in [1.29, 1.82) is 0 Å². The summed E-state index contributed by atoms with van der Waals surface area (Å²) in [6.45, 7) is 1.87. The Bertz CT molecular complexity index is 769. The van der Waals surface area contributed by atoms with Crippen LogP contribution in [0.4, 0.5) is 0 Å². The maximum absolute atomic E-state index is 4.64. The quantitative estimate of drug-likeness (QED) is 0.689. The minimum absolute atomic E-state index is 0.540. The van der Waals surface area contributed by atoms with Crippen LogP contribution in [-0.2, 0) is 13.1 Å². The van der Waals surface area contributed by atoms with Gasteiger partial charge in [-0.2, -0.15) is 0 Å². The molecule has 1 aliphatic rings. The van der Waals surface area contributed by atoms with Gasteiger partial charge in [-0.05, 0) is 19.3 Å². The molecule has 1 saturated carbocycles. The highest BCUT2D eigenvalue weighted by Gasteiger charge is 2.18. The van der Waals surface area contributed by atoms with E-state index in [2.05, 4.69) is 29.1 Å². The maximum atomic E-state index is 4.64. The molecular weight excluding hydrogens is 312 g/mol. The molecule has 130 valence electrons. The first-order chi connectivity index (χ1) is 12.4. The minimum atomic E-state index is 0.540. The molecule has 0 radical (unpaired) electrons. The molecule has 0 saturated heterocycles. The molecule has 6 nitrogen and oxygen atoms in total. The fraction of sp³-hybridized carbons (Fsp3) is 0.474. The van der Waals surface area contributed by atoms with Gasteiger partial charge in [-0.25, -0.2) is 19.9 Å². The van der Waals surface area contributed by atoms with Gasteiger partial charge in [-0.3, -0.25) is 0 Å². The summed E-state index contributed by atoms with van der Waals surface area (Å²) in [5, 5.41) is 0. The zero-order valence-corrected chi connectivity index (χ0v) is 14.5. The molecule has 0 amide bonds. The fourth-order valence-corrected chi connectivity index (χ4v) is 3.62. The lowest BCUT2D eigenvalue weighted by molar-refractivity contribution is 0.428. The summed E-state index contributed by atoms with van der Waals surface area (Å²) < 4.78 is 4.27. The number of nitrogens with zero attached hydrogens (tertiary/aromatic N) is 6. The van der Waals surface area contributed by atoms with Gasteiger partial charge in [0.15, 0.2) is 0 Å². The Morgan fingerprint density at radius 2 is 1.76 bits per heavy atom. The molecule has 3 aromatic heterocycles. The SMILES string of the molecule is c1cn(CCCn2ccnc2-c2cnc(C3CCCCC3)nc2)cn1. The zero-order chi connectivity index (χ0) is 16.9. The van der Waals surface area contributed by atoms with Gasteiger partial charge < -0.3 is 9.13 Å². The standard InChI is InChI=1S/C19H24N6/c1-2-5-16(6-3-1)18-22-13-17(14-23-18)19-21-8-12-25(19)10-4-9-24-11-7-20-15-24/h7-8,11-16H,1-6,9-10H2. The lowest BCUT2D eigenvalue weighted by Gasteiger charge is -2.20. The normalized spacial score (nSPS) is 15.5. The number of rotatable bonds is 6. The first-order valence-corrected chi connectivity index (χ1v) is 9.19. The Labute approximate surface area is 148 Å². The van der Waals surface area contributed by atoms with Crippen molar-refractivity contribution in [3.8, 4) is 11.4 Å². The highest BCUT2D eigenvalue weighted by molar-refractivity contribution is 5.52.